The van der Waals surface area contributed by atoms with Gasteiger partial charge >= 0.3 is 0 Å². The van der Waals surface area contributed by atoms with Crippen LogP contribution in [0.1, 0.15) is 0 Å². The molecule has 0 bridgehead atoms. The fourth-order valence-electron chi connectivity index (χ4n) is 1.55. The van der Waals surface area contributed by atoms with Crippen molar-refractivity contribution in [1.82, 2.24) is 10.9 Å². The van der Waals surface area contributed by atoms with Crippen molar-refractivity contribution in [2.75, 3.05) is 10.6 Å². The first-order chi connectivity index (χ1) is 10.9. The van der Waals surface area contributed by atoms with E-state index in [1.54, 1.807) is 18.2 Å². The minimum atomic E-state index is 0.328. The van der Waals surface area contributed by atoms with Crippen LogP contribution in [0.2, 0.25) is 10.0 Å². The summed E-state index contributed by atoms with van der Waals surface area (Å²) in [5.74, 6) is 0. The maximum Gasteiger partial charge on any atom is 0.189 e. The molecule has 0 aromatic heterocycles. The van der Waals surface area contributed by atoms with E-state index in [9.17, 15) is 0 Å². The highest BCUT2D eigenvalue weighted by atomic mass is 79.9. The Kier molecular flexibility index (Phi) is 6.86. The number of rotatable bonds is 2. The third kappa shape index (κ3) is 6.12. The van der Waals surface area contributed by atoms with E-state index >= 15 is 0 Å². The third-order valence-electron chi connectivity index (χ3n) is 2.57. The molecule has 0 fully saturated rings. The van der Waals surface area contributed by atoms with Crippen LogP contribution in [-0.2, 0) is 0 Å². The molecule has 2 rings (SSSR count). The molecule has 0 heterocycles. The van der Waals surface area contributed by atoms with Gasteiger partial charge in [0.05, 0.1) is 10.7 Å². The van der Waals surface area contributed by atoms with E-state index in [1.807, 2.05) is 24.3 Å². The lowest BCUT2D eigenvalue weighted by atomic mass is 10.3. The van der Waals surface area contributed by atoms with E-state index in [4.69, 9.17) is 47.6 Å². The highest BCUT2D eigenvalue weighted by Crippen LogP contribution is 2.25. The molecule has 0 radical (unpaired) electrons. The van der Waals surface area contributed by atoms with Gasteiger partial charge in [-0.05, 0) is 66.9 Å². The summed E-state index contributed by atoms with van der Waals surface area (Å²) in [5.41, 5.74) is 7.05. The maximum absolute atomic E-state index is 6.11. The minimum absolute atomic E-state index is 0.328. The Morgan fingerprint density at radius 2 is 1.48 bits per heavy atom. The summed E-state index contributed by atoms with van der Waals surface area (Å²) in [6, 6.07) is 12.6. The Labute approximate surface area is 163 Å². The number of benzene rings is 2. The largest absolute Gasteiger partial charge is 0.331 e. The topological polar surface area (TPSA) is 48.1 Å². The van der Waals surface area contributed by atoms with E-state index in [0.29, 0.717) is 26.0 Å². The fraction of sp³-hybridized carbons (Fsp3) is 0. The van der Waals surface area contributed by atoms with Crippen molar-refractivity contribution in [3.05, 3.63) is 57.0 Å². The Balaban J connectivity index is 1.81. The van der Waals surface area contributed by atoms with Crippen LogP contribution < -0.4 is 21.5 Å². The SMILES string of the molecule is S=C(NNC(=S)Nc1ccc(Br)cc1Cl)Nc1ccc(Cl)cc1. The zero-order valence-corrected chi connectivity index (χ0v) is 16.2. The van der Waals surface area contributed by atoms with Crippen LogP contribution >= 0.6 is 63.6 Å². The second-order valence-electron chi connectivity index (χ2n) is 4.29. The first-order valence-electron chi connectivity index (χ1n) is 6.28. The summed E-state index contributed by atoms with van der Waals surface area (Å²) in [7, 11) is 0. The Hall–Kier alpha value is -1.12. The highest BCUT2D eigenvalue weighted by Gasteiger charge is 2.04. The molecule has 4 nitrogen and oxygen atoms in total. The zero-order valence-electron chi connectivity index (χ0n) is 11.5. The molecule has 0 spiro atoms. The van der Waals surface area contributed by atoms with Crippen molar-refractivity contribution in [3.63, 3.8) is 0 Å². The van der Waals surface area contributed by atoms with Gasteiger partial charge in [0.1, 0.15) is 0 Å². The fourth-order valence-corrected chi connectivity index (χ4v) is 2.73. The van der Waals surface area contributed by atoms with Gasteiger partial charge in [0.25, 0.3) is 0 Å². The van der Waals surface area contributed by atoms with Crippen LogP contribution in [0.25, 0.3) is 0 Å². The lowest BCUT2D eigenvalue weighted by molar-refractivity contribution is 0.885. The maximum atomic E-state index is 6.11. The van der Waals surface area contributed by atoms with Crippen molar-refractivity contribution in [2.24, 2.45) is 0 Å². The summed E-state index contributed by atoms with van der Waals surface area (Å²) >= 11 is 25.6. The molecule has 120 valence electrons. The van der Waals surface area contributed by atoms with Crippen molar-refractivity contribution >= 4 is 85.2 Å². The summed E-state index contributed by atoms with van der Waals surface area (Å²) in [5, 5.41) is 7.84. The van der Waals surface area contributed by atoms with E-state index in [0.717, 1.165) is 10.2 Å². The van der Waals surface area contributed by atoms with Crippen molar-refractivity contribution in [1.29, 1.82) is 0 Å². The summed E-state index contributed by atoms with van der Waals surface area (Å²) in [6.45, 7) is 0. The van der Waals surface area contributed by atoms with E-state index in [2.05, 4.69) is 37.4 Å². The normalized spacial score (nSPS) is 9.87. The van der Waals surface area contributed by atoms with Crippen LogP contribution in [0.15, 0.2) is 46.9 Å². The molecule has 2 aromatic carbocycles. The monoisotopic (exact) mass is 448 g/mol. The summed E-state index contributed by atoms with van der Waals surface area (Å²) in [6.07, 6.45) is 0. The molecule has 0 aliphatic heterocycles. The molecular weight excluding hydrogens is 439 g/mol. The molecule has 4 N–H and O–H groups in total. The quantitative estimate of drug-likeness (QED) is 0.384. The molecule has 0 unspecified atom stereocenters. The lowest BCUT2D eigenvalue weighted by Gasteiger charge is -2.15. The first-order valence-corrected chi connectivity index (χ1v) is 8.65. The molecule has 0 aliphatic rings. The van der Waals surface area contributed by atoms with Crippen LogP contribution in [0, 0.1) is 0 Å². The van der Waals surface area contributed by atoms with Crippen LogP contribution in [0.5, 0.6) is 0 Å². The lowest BCUT2D eigenvalue weighted by Crippen LogP contribution is -2.45. The number of hydrazine groups is 1. The van der Waals surface area contributed by atoms with Crippen molar-refractivity contribution < 1.29 is 0 Å². The van der Waals surface area contributed by atoms with Crippen molar-refractivity contribution in [3.8, 4) is 0 Å². The predicted octanol–water partition coefficient (Wildman–Crippen LogP) is 4.94. The number of anilines is 2. The molecule has 2 aromatic rings. The predicted molar refractivity (Wildman–Crippen MR) is 109 cm³/mol. The van der Waals surface area contributed by atoms with Crippen LogP contribution in [0.3, 0.4) is 0 Å². The number of halogens is 3. The van der Waals surface area contributed by atoms with Crippen molar-refractivity contribution in [2.45, 2.75) is 0 Å². The van der Waals surface area contributed by atoms with Gasteiger partial charge < -0.3 is 10.6 Å². The van der Waals surface area contributed by atoms with Gasteiger partial charge in [0.15, 0.2) is 10.2 Å². The van der Waals surface area contributed by atoms with Gasteiger partial charge in [0, 0.05) is 15.2 Å². The molecule has 9 heteroatoms. The Morgan fingerprint density at radius 3 is 2.09 bits per heavy atom. The molecule has 0 aliphatic carbocycles. The minimum Gasteiger partial charge on any atom is -0.331 e. The summed E-state index contributed by atoms with van der Waals surface area (Å²) in [4.78, 5) is 0. The van der Waals surface area contributed by atoms with E-state index in [-0.39, 0.29) is 0 Å². The molecule has 0 atom stereocenters. The molecule has 0 saturated heterocycles. The number of thiocarbonyl (C=S) groups is 2. The number of hydrogen-bond donors (Lipinski definition) is 4. The summed E-state index contributed by atoms with van der Waals surface area (Å²) < 4.78 is 0.887. The first kappa shape index (κ1) is 18.2. The van der Waals surface area contributed by atoms with Crippen LogP contribution in [0.4, 0.5) is 11.4 Å². The molecule has 0 amide bonds. The van der Waals surface area contributed by atoms with Gasteiger partial charge in [-0.3, -0.25) is 10.9 Å². The average Bonchev–Trinajstić information content (AvgIpc) is 2.50. The average molecular weight is 450 g/mol. The number of hydrogen-bond acceptors (Lipinski definition) is 2. The standard InChI is InChI=1S/C14H11BrCl2N4S2/c15-8-1-6-12(11(17)7-8)19-14(23)21-20-13(22)18-10-4-2-9(16)3-5-10/h1-7H,(H2,18,20,22)(H2,19,21,23). The molecule has 0 saturated carbocycles. The second kappa shape index (κ2) is 8.65. The molecular formula is C14H11BrCl2N4S2. The molecule has 23 heavy (non-hydrogen) atoms. The second-order valence-corrected chi connectivity index (χ2v) is 6.87. The van der Waals surface area contributed by atoms with Gasteiger partial charge in [0.2, 0.25) is 0 Å². The highest BCUT2D eigenvalue weighted by molar-refractivity contribution is 9.10. The van der Waals surface area contributed by atoms with Gasteiger partial charge in [-0.1, -0.05) is 39.1 Å². The zero-order chi connectivity index (χ0) is 16.8. The van der Waals surface area contributed by atoms with Gasteiger partial charge in [-0.2, -0.15) is 0 Å². The Bertz CT molecular complexity index is 725. The third-order valence-corrected chi connectivity index (χ3v) is 4.04. The van der Waals surface area contributed by atoms with Crippen LogP contribution in [-0.4, -0.2) is 10.2 Å². The Morgan fingerprint density at radius 1 is 0.870 bits per heavy atom. The number of nitrogens with one attached hydrogen (secondary N) is 4. The van der Waals surface area contributed by atoms with Gasteiger partial charge in [-0.25, -0.2) is 0 Å². The van der Waals surface area contributed by atoms with E-state index < -0.39 is 0 Å². The van der Waals surface area contributed by atoms with E-state index in [1.165, 1.54) is 0 Å². The smallest absolute Gasteiger partial charge is 0.189 e. The van der Waals surface area contributed by atoms with Gasteiger partial charge in [-0.15, -0.1) is 0 Å².